The van der Waals surface area contributed by atoms with Crippen LogP contribution in [-0.2, 0) is 38.6 Å². The third kappa shape index (κ3) is 8.75. The minimum Gasteiger partial charge on any atom is -0.489 e. The van der Waals surface area contributed by atoms with Crippen molar-refractivity contribution in [3.05, 3.63) is 57.1 Å². The van der Waals surface area contributed by atoms with E-state index in [9.17, 15) is 38.2 Å². The summed E-state index contributed by atoms with van der Waals surface area (Å²) in [5.41, 5.74) is -0.268. The van der Waals surface area contributed by atoms with Gasteiger partial charge in [0.05, 0.1) is 25.5 Å². The van der Waals surface area contributed by atoms with Gasteiger partial charge in [0, 0.05) is 25.2 Å². The van der Waals surface area contributed by atoms with E-state index in [1.54, 1.807) is 32.2 Å². The van der Waals surface area contributed by atoms with Gasteiger partial charge in [-0.25, -0.2) is 23.3 Å². The molecule has 2 aliphatic rings. The Bertz CT molecular complexity index is 1970. The van der Waals surface area contributed by atoms with Crippen molar-refractivity contribution in [3.63, 3.8) is 0 Å². The molecular weight excluding hydrogens is 709 g/mol. The molecule has 1 saturated heterocycles. The number of hydrogen-bond acceptors (Lipinski definition) is 16. The molecule has 0 spiro atoms. The molecule has 0 bridgehead atoms. The Morgan fingerprint density at radius 2 is 1.79 bits per heavy atom. The zero-order valence-corrected chi connectivity index (χ0v) is 27.5. The molecule has 2 aromatic heterocycles. The Morgan fingerprint density at radius 1 is 1.04 bits per heavy atom. The number of rotatable bonds is 13. The molecule has 22 nitrogen and oxygen atoms in total. The second-order valence-corrected chi connectivity index (χ2v) is 14.7. The molecule has 2 unspecified atom stereocenters. The number of anilines is 3. The van der Waals surface area contributed by atoms with Gasteiger partial charge in [-0.15, -0.1) is 0 Å². The molecule has 1 aromatic carbocycles. The maximum Gasteiger partial charge on any atom is 0.490 e. The monoisotopic (exact) mass is 738 g/mol. The highest BCUT2D eigenvalue weighted by Gasteiger charge is 2.43. The number of phosphoric acid groups is 3. The van der Waals surface area contributed by atoms with Gasteiger partial charge in [0.2, 0.25) is 0 Å². The van der Waals surface area contributed by atoms with Crippen molar-refractivity contribution in [1.82, 2.24) is 19.1 Å². The fourth-order valence-corrected chi connectivity index (χ4v) is 7.58. The van der Waals surface area contributed by atoms with E-state index in [1.807, 2.05) is 0 Å². The van der Waals surface area contributed by atoms with Crippen LogP contribution in [0.15, 0.2) is 40.2 Å². The van der Waals surface area contributed by atoms with Crippen LogP contribution in [0.4, 0.5) is 17.3 Å². The lowest BCUT2D eigenvalue weighted by Gasteiger charge is -2.23. The highest BCUT2D eigenvalue weighted by molar-refractivity contribution is 7.66. The first-order valence-electron chi connectivity index (χ1n) is 13.6. The summed E-state index contributed by atoms with van der Waals surface area (Å²) >= 11 is 0. The Balaban J connectivity index is 1.15. The van der Waals surface area contributed by atoms with Crippen LogP contribution >= 0.6 is 23.5 Å². The molecule has 262 valence electrons. The van der Waals surface area contributed by atoms with Crippen LogP contribution in [-0.4, -0.2) is 75.7 Å². The van der Waals surface area contributed by atoms with Gasteiger partial charge in [0.15, 0.2) is 17.3 Å². The summed E-state index contributed by atoms with van der Waals surface area (Å²) in [6.45, 7) is 1.08. The quantitative estimate of drug-likeness (QED) is 0.0742. The van der Waals surface area contributed by atoms with E-state index < -0.39 is 59.9 Å². The number of ether oxygens (including phenoxy) is 3. The molecule has 48 heavy (non-hydrogen) atoms. The van der Waals surface area contributed by atoms with Crippen molar-refractivity contribution in [1.29, 1.82) is 0 Å². The number of fused-ring (bicyclic) bond motifs is 2. The van der Waals surface area contributed by atoms with Gasteiger partial charge in [-0.2, -0.15) is 18.6 Å². The normalized spacial score (nSPS) is 21.2. The molecule has 7 N–H and O–H groups in total. The fourth-order valence-electron chi connectivity index (χ4n) is 4.55. The smallest absolute Gasteiger partial charge is 0.489 e. The lowest BCUT2D eigenvalue weighted by atomic mass is 10.2. The molecule has 0 radical (unpaired) electrons. The van der Waals surface area contributed by atoms with Gasteiger partial charge in [0.1, 0.15) is 36.2 Å². The molecule has 4 heterocycles. The van der Waals surface area contributed by atoms with Crippen LogP contribution in [0.3, 0.4) is 0 Å². The first-order valence-corrected chi connectivity index (χ1v) is 18.2. The Morgan fingerprint density at radius 3 is 2.52 bits per heavy atom. The Hall–Kier alpha value is -3.49. The lowest BCUT2D eigenvalue weighted by molar-refractivity contribution is -0.0449. The number of aliphatic hydroxyl groups is 1. The summed E-state index contributed by atoms with van der Waals surface area (Å²) < 4.78 is 65.7. The third-order valence-corrected chi connectivity index (χ3v) is 10.4. The molecular formula is C23H29N6O16P3. The summed E-state index contributed by atoms with van der Waals surface area (Å²) in [7, 11) is -15.2. The summed E-state index contributed by atoms with van der Waals surface area (Å²) in [6, 6.07) is 5.14. The van der Waals surface area contributed by atoms with Crippen molar-refractivity contribution < 1.29 is 65.7 Å². The second kappa shape index (κ2) is 13.8. The van der Waals surface area contributed by atoms with E-state index in [2.05, 4.69) is 33.7 Å². The van der Waals surface area contributed by atoms with Gasteiger partial charge >= 0.3 is 34.8 Å². The number of hydrogen-bond donors (Lipinski definition) is 7. The average Bonchev–Trinajstić information content (AvgIpc) is 3.33. The van der Waals surface area contributed by atoms with Crippen molar-refractivity contribution in [2.45, 2.75) is 31.8 Å². The molecule has 1 fully saturated rings. The minimum atomic E-state index is -5.73. The van der Waals surface area contributed by atoms with Crippen molar-refractivity contribution in [3.8, 4) is 17.2 Å². The van der Waals surface area contributed by atoms with E-state index in [4.69, 9.17) is 24.0 Å². The van der Waals surface area contributed by atoms with Crippen LogP contribution in [0, 0.1) is 6.92 Å². The first kappa shape index (κ1) is 35.8. The highest BCUT2D eigenvalue weighted by atomic mass is 31.3. The molecule has 2 aliphatic heterocycles. The van der Waals surface area contributed by atoms with E-state index in [0.29, 0.717) is 28.5 Å². The number of nitrogens with one attached hydrogen (secondary N) is 2. The number of benzene rings is 1. The van der Waals surface area contributed by atoms with E-state index in [0.717, 1.165) is 4.57 Å². The van der Waals surface area contributed by atoms with Crippen molar-refractivity contribution in [2.24, 2.45) is 7.05 Å². The topological polar surface area (TPSA) is 302 Å². The summed E-state index contributed by atoms with van der Waals surface area (Å²) in [5.74, 6) is 1.72. The molecule has 0 amide bonds. The van der Waals surface area contributed by atoms with Crippen LogP contribution in [0.2, 0.25) is 0 Å². The maximum absolute atomic E-state index is 12.8. The molecule has 25 heteroatoms. The predicted molar refractivity (Wildman–Crippen MR) is 161 cm³/mol. The SMILES string of the molecule is Cc1cn([C@H]2C[C@H](O)[C@@H](COP(=O)(O)OP(=O)(O)OP(=O)(O)O)O2)c(=O)nc1NCCOc1cccc2c1Nc1nc(=O)n(C)cc1O2. The van der Waals surface area contributed by atoms with Crippen molar-refractivity contribution >= 4 is 40.8 Å². The third-order valence-electron chi connectivity index (χ3n) is 6.62. The predicted octanol–water partition coefficient (Wildman–Crippen LogP) is 0.977. The number of aliphatic hydroxyl groups excluding tert-OH is 1. The van der Waals surface area contributed by atoms with Gasteiger partial charge in [-0.3, -0.25) is 13.7 Å². The summed E-state index contributed by atoms with van der Waals surface area (Å²) in [4.78, 5) is 68.9. The van der Waals surface area contributed by atoms with Crippen LogP contribution in [0.25, 0.3) is 0 Å². The Labute approximate surface area is 269 Å². The lowest BCUT2D eigenvalue weighted by Crippen LogP contribution is -2.29. The molecule has 0 saturated carbocycles. The second-order valence-electron chi connectivity index (χ2n) is 10.3. The zero-order chi connectivity index (χ0) is 35.0. The van der Waals surface area contributed by atoms with E-state index in [-0.39, 0.29) is 31.2 Å². The summed E-state index contributed by atoms with van der Waals surface area (Å²) in [5, 5.41) is 16.4. The van der Waals surface area contributed by atoms with Gasteiger partial charge in [-0.1, -0.05) is 6.07 Å². The fraction of sp³-hybridized carbons (Fsp3) is 0.391. The molecule has 3 aromatic rings. The molecule has 5 atom stereocenters. The van der Waals surface area contributed by atoms with E-state index >= 15 is 0 Å². The van der Waals surface area contributed by atoms with Gasteiger partial charge in [-0.05, 0) is 19.1 Å². The first-order chi connectivity index (χ1) is 22.4. The molecule has 0 aliphatic carbocycles. The number of aryl methyl sites for hydroxylation is 2. The van der Waals surface area contributed by atoms with Gasteiger partial charge < -0.3 is 49.5 Å². The average molecular weight is 738 g/mol. The summed E-state index contributed by atoms with van der Waals surface area (Å²) in [6.07, 6.45) is -1.03. The van der Waals surface area contributed by atoms with Crippen molar-refractivity contribution in [2.75, 3.05) is 30.4 Å². The van der Waals surface area contributed by atoms with Crippen LogP contribution in [0.5, 0.6) is 17.2 Å². The number of nitrogens with zero attached hydrogens (tertiary/aromatic N) is 4. The Kier molecular flexibility index (Phi) is 10.3. The number of aromatic nitrogens is 4. The largest absolute Gasteiger partial charge is 0.490 e. The minimum absolute atomic E-state index is 0.119. The number of phosphoric ester groups is 1. The highest BCUT2D eigenvalue weighted by Crippen LogP contribution is 2.66. The standard InChI is InChI=1S/C23H29N6O16P3/c1-12-9-29(18-8-13(30)17(43-18)11-41-47(36,37)45-48(38,39)44-46(33,34)35)23(32)26-20(12)24-6-7-40-14-4-3-5-15-19(14)25-21-16(42-15)10-28(2)22(31)27-21/h3-5,9-10,13,17-18,30H,6-8,11H2,1-2H3,(H,36,37)(H,38,39)(H,24,26,32)(H,25,27,31)(H2,33,34,35)/t13-,17+,18+/m0/s1. The van der Waals surface area contributed by atoms with Crippen LogP contribution < -0.4 is 31.5 Å². The molecule has 5 rings (SSSR count). The maximum atomic E-state index is 12.8. The van der Waals surface area contributed by atoms with Crippen LogP contribution in [0.1, 0.15) is 18.2 Å². The van der Waals surface area contributed by atoms with Gasteiger partial charge in [0.25, 0.3) is 0 Å². The zero-order valence-electron chi connectivity index (χ0n) is 24.8. The number of para-hydroxylation sites is 1. The van der Waals surface area contributed by atoms with E-state index in [1.165, 1.54) is 17.0 Å².